The Morgan fingerprint density at radius 2 is 0.877 bits per heavy atom. The molecule has 9 nitrogen and oxygen atoms in total. The highest BCUT2D eigenvalue weighted by atomic mass is 31.2. The highest BCUT2D eigenvalue weighted by Crippen LogP contribution is 2.43. The van der Waals surface area contributed by atoms with Gasteiger partial charge in [-0.25, -0.2) is 4.57 Å². The second kappa shape index (κ2) is 46.5. The first-order chi connectivity index (χ1) is 31.4. The highest BCUT2D eigenvalue weighted by molar-refractivity contribution is 7.47. The number of amides is 1. The zero-order chi connectivity index (χ0) is 48.0. The number of nitrogens with zero attached hydrogens (tertiary/aromatic N) is 1. The summed E-state index contributed by atoms with van der Waals surface area (Å²) in [4.78, 5) is 37.5. The lowest BCUT2D eigenvalue weighted by atomic mass is 10.0. The standard InChI is InChI=1S/C55H109N2O7P/c1-7-10-13-16-19-22-25-27-28-30-32-35-38-41-44-47-54(58)56-52(51-63-65(60,61)62-50-49-57(4,5)6)53(46-43-40-37-34-31-24-21-18-15-12-9-3)64-55(59)48-45-42-39-36-33-29-26-23-20-17-14-11-8-2/h43,46,52-53H,7-42,44-45,47-51H2,1-6H3,(H-,56,58,60,61)/p+1/b46-43+. The molecular formula is C55H110N2O7P+. The molecule has 0 fully saturated rings. The number of hydrogen-bond donors (Lipinski definition) is 2. The van der Waals surface area contributed by atoms with Crippen molar-refractivity contribution in [2.75, 3.05) is 40.9 Å². The van der Waals surface area contributed by atoms with Gasteiger partial charge in [0, 0.05) is 12.8 Å². The van der Waals surface area contributed by atoms with E-state index in [1.807, 2.05) is 33.3 Å². The van der Waals surface area contributed by atoms with Crippen molar-refractivity contribution in [1.82, 2.24) is 5.32 Å². The van der Waals surface area contributed by atoms with Gasteiger partial charge in [-0.1, -0.05) is 245 Å². The summed E-state index contributed by atoms with van der Waals surface area (Å²) in [5, 5.41) is 3.05. The minimum Gasteiger partial charge on any atom is -0.456 e. The van der Waals surface area contributed by atoms with E-state index >= 15 is 0 Å². The van der Waals surface area contributed by atoms with E-state index in [4.69, 9.17) is 13.8 Å². The largest absolute Gasteiger partial charge is 0.472 e. The van der Waals surface area contributed by atoms with E-state index in [9.17, 15) is 19.0 Å². The summed E-state index contributed by atoms with van der Waals surface area (Å²) < 4.78 is 30.6. The van der Waals surface area contributed by atoms with E-state index in [0.717, 1.165) is 57.8 Å². The number of carbonyl (C=O) groups excluding carboxylic acids is 2. The molecule has 0 aromatic carbocycles. The number of allylic oxidation sites excluding steroid dienone is 1. The summed E-state index contributed by atoms with van der Waals surface area (Å²) in [7, 11) is 1.51. The van der Waals surface area contributed by atoms with Crippen LogP contribution in [0.4, 0.5) is 0 Å². The Bertz CT molecular complexity index is 1130. The van der Waals surface area contributed by atoms with Crippen LogP contribution in [-0.2, 0) is 27.9 Å². The van der Waals surface area contributed by atoms with Crippen LogP contribution >= 0.6 is 7.82 Å². The van der Waals surface area contributed by atoms with E-state index < -0.39 is 20.0 Å². The Morgan fingerprint density at radius 1 is 0.523 bits per heavy atom. The summed E-state index contributed by atoms with van der Waals surface area (Å²) in [6.45, 7) is 7.03. The molecule has 0 bridgehead atoms. The lowest BCUT2D eigenvalue weighted by Crippen LogP contribution is -2.47. The van der Waals surface area contributed by atoms with Crippen molar-refractivity contribution in [2.45, 2.75) is 290 Å². The molecule has 65 heavy (non-hydrogen) atoms. The van der Waals surface area contributed by atoms with E-state index in [1.54, 1.807) is 0 Å². The van der Waals surface area contributed by atoms with Gasteiger partial charge in [-0.3, -0.25) is 18.6 Å². The van der Waals surface area contributed by atoms with Crippen LogP contribution in [0.2, 0.25) is 0 Å². The molecule has 386 valence electrons. The number of quaternary nitrogens is 1. The minimum atomic E-state index is -4.43. The first kappa shape index (κ1) is 63.8. The summed E-state index contributed by atoms with van der Waals surface area (Å²) in [5.74, 6) is -0.490. The first-order valence-electron chi connectivity index (χ1n) is 28.0. The summed E-state index contributed by atoms with van der Waals surface area (Å²) in [6, 6.07) is -0.837. The number of esters is 1. The molecule has 1 amide bonds. The fourth-order valence-electron chi connectivity index (χ4n) is 8.35. The number of phosphoric acid groups is 1. The van der Waals surface area contributed by atoms with E-state index in [1.165, 1.54) is 186 Å². The van der Waals surface area contributed by atoms with Crippen molar-refractivity contribution < 1.29 is 37.3 Å². The summed E-state index contributed by atoms with van der Waals surface area (Å²) in [5.41, 5.74) is 0. The van der Waals surface area contributed by atoms with E-state index in [-0.39, 0.29) is 25.1 Å². The molecular weight excluding hydrogens is 832 g/mol. The van der Waals surface area contributed by atoms with Crippen molar-refractivity contribution in [3.63, 3.8) is 0 Å². The van der Waals surface area contributed by atoms with Crippen LogP contribution < -0.4 is 5.32 Å². The molecule has 0 heterocycles. The zero-order valence-electron chi connectivity index (χ0n) is 44.0. The van der Waals surface area contributed by atoms with Crippen LogP contribution in [-0.4, -0.2) is 74.3 Å². The average molecular weight is 942 g/mol. The number of likely N-dealkylation sites (N-methyl/N-ethyl adjacent to an activating group) is 1. The molecule has 10 heteroatoms. The molecule has 0 rings (SSSR count). The van der Waals surface area contributed by atoms with Crippen LogP contribution in [0.3, 0.4) is 0 Å². The molecule has 0 spiro atoms. The Balaban J connectivity index is 5.31. The van der Waals surface area contributed by atoms with Crippen molar-refractivity contribution in [3.05, 3.63) is 12.2 Å². The van der Waals surface area contributed by atoms with Crippen LogP contribution in [0.5, 0.6) is 0 Å². The number of nitrogens with one attached hydrogen (secondary N) is 1. The molecule has 0 aromatic rings. The van der Waals surface area contributed by atoms with Gasteiger partial charge < -0.3 is 19.4 Å². The second-order valence-electron chi connectivity index (χ2n) is 20.5. The van der Waals surface area contributed by atoms with E-state index in [2.05, 4.69) is 26.1 Å². The number of unbranched alkanes of at least 4 members (excludes halogenated alkanes) is 35. The molecule has 0 aliphatic carbocycles. The van der Waals surface area contributed by atoms with Crippen LogP contribution in [0.15, 0.2) is 12.2 Å². The molecule has 0 radical (unpaired) electrons. The molecule has 0 aliphatic rings. The van der Waals surface area contributed by atoms with Gasteiger partial charge in [0.05, 0.1) is 33.8 Å². The smallest absolute Gasteiger partial charge is 0.456 e. The molecule has 0 aliphatic heterocycles. The fraction of sp³-hybridized carbons (Fsp3) is 0.927. The van der Waals surface area contributed by atoms with Crippen LogP contribution in [0.25, 0.3) is 0 Å². The van der Waals surface area contributed by atoms with E-state index in [0.29, 0.717) is 23.9 Å². The number of ether oxygens (including phenoxy) is 1. The van der Waals surface area contributed by atoms with Gasteiger partial charge in [0.15, 0.2) is 0 Å². The molecule has 0 aromatic heterocycles. The summed E-state index contributed by atoms with van der Waals surface area (Å²) >= 11 is 0. The topological polar surface area (TPSA) is 111 Å². The van der Waals surface area contributed by atoms with Gasteiger partial charge in [0.2, 0.25) is 5.91 Å². The number of phosphoric ester groups is 1. The molecule has 0 saturated heterocycles. The van der Waals surface area contributed by atoms with Crippen molar-refractivity contribution in [2.24, 2.45) is 0 Å². The van der Waals surface area contributed by atoms with Crippen molar-refractivity contribution in [1.29, 1.82) is 0 Å². The molecule has 2 N–H and O–H groups in total. The maximum atomic E-state index is 13.5. The van der Waals surface area contributed by atoms with Crippen LogP contribution in [0, 0.1) is 0 Å². The Morgan fingerprint density at radius 3 is 1.26 bits per heavy atom. The van der Waals surface area contributed by atoms with Crippen LogP contribution in [0.1, 0.15) is 278 Å². The molecule has 3 atom stereocenters. The monoisotopic (exact) mass is 942 g/mol. The lowest BCUT2D eigenvalue weighted by molar-refractivity contribution is -0.870. The number of carbonyl (C=O) groups is 2. The van der Waals surface area contributed by atoms with Gasteiger partial charge in [0.1, 0.15) is 19.3 Å². The SMILES string of the molecule is CCCCCCCCCCC/C=C/C(OC(=O)CCCCCCCCCCCCCCC)C(COP(=O)(O)OCC[N+](C)(C)C)NC(=O)CCCCCCCCCCCCCCCCC. The van der Waals surface area contributed by atoms with Gasteiger partial charge in [-0.2, -0.15) is 0 Å². The molecule has 0 saturated carbocycles. The van der Waals surface area contributed by atoms with Gasteiger partial charge in [-0.15, -0.1) is 0 Å². The third-order valence-electron chi connectivity index (χ3n) is 12.7. The highest BCUT2D eigenvalue weighted by Gasteiger charge is 2.30. The third-order valence-corrected chi connectivity index (χ3v) is 13.7. The van der Waals surface area contributed by atoms with Gasteiger partial charge >= 0.3 is 13.8 Å². The van der Waals surface area contributed by atoms with Gasteiger partial charge in [0.25, 0.3) is 0 Å². The fourth-order valence-corrected chi connectivity index (χ4v) is 9.09. The third kappa shape index (κ3) is 47.6. The lowest BCUT2D eigenvalue weighted by Gasteiger charge is -2.27. The Hall–Kier alpha value is -1.25. The molecule has 3 unspecified atom stereocenters. The van der Waals surface area contributed by atoms with Gasteiger partial charge in [-0.05, 0) is 31.8 Å². The second-order valence-corrected chi connectivity index (χ2v) is 21.9. The Kier molecular flexibility index (Phi) is 45.6. The summed E-state index contributed by atoms with van der Waals surface area (Å²) in [6.07, 6.45) is 50.5. The van der Waals surface area contributed by atoms with Crippen molar-refractivity contribution in [3.8, 4) is 0 Å². The predicted molar refractivity (Wildman–Crippen MR) is 277 cm³/mol. The number of hydrogen-bond acceptors (Lipinski definition) is 6. The normalized spacial score (nSPS) is 13.9. The minimum absolute atomic E-state index is 0.0453. The maximum Gasteiger partial charge on any atom is 0.472 e. The van der Waals surface area contributed by atoms with Crippen molar-refractivity contribution >= 4 is 19.7 Å². The first-order valence-corrected chi connectivity index (χ1v) is 29.5. The Labute approximate surface area is 403 Å². The maximum absolute atomic E-state index is 13.5. The quantitative estimate of drug-likeness (QED) is 0.0205. The average Bonchev–Trinajstić information content (AvgIpc) is 3.26. The number of rotatable bonds is 51. The predicted octanol–water partition coefficient (Wildman–Crippen LogP) is 16.4. The zero-order valence-corrected chi connectivity index (χ0v) is 44.9.